The van der Waals surface area contributed by atoms with Crippen LogP contribution in [0, 0.1) is 0 Å². The minimum atomic E-state index is -0.131. The summed E-state index contributed by atoms with van der Waals surface area (Å²) in [5.74, 6) is 1.93. The van der Waals surface area contributed by atoms with Crippen molar-refractivity contribution < 1.29 is 14.2 Å². The zero-order chi connectivity index (χ0) is 20.9. The molecule has 1 aromatic carbocycles. The number of benzene rings is 1. The topological polar surface area (TPSA) is 78.7 Å². The number of anilines is 1. The molecule has 2 aromatic heterocycles. The average molecular weight is 408 g/mol. The number of para-hydroxylation sites is 1. The van der Waals surface area contributed by atoms with Crippen LogP contribution in [0.1, 0.15) is 5.56 Å². The first kappa shape index (κ1) is 19.9. The summed E-state index contributed by atoms with van der Waals surface area (Å²) in [4.78, 5) is 23.7. The highest BCUT2D eigenvalue weighted by molar-refractivity contribution is 5.67. The Balaban J connectivity index is 1.66. The lowest BCUT2D eigenvalue weighted by molar-refractivity contribution is 0.121. The maximum Gasteiger partial charge on any atom is 0.255 e. The summed E-state index contributed by atoms with van der Waals surface area (Å²) in [5, 5.41) is 0. The van der Waals surface area contributed by atoms with Gasteiger partial charge in [0.05, 0.1) is 32.2 Å². The fraction of sp³-hybridized carbons (Fsp3) is 0.318. The zero-order valence-corrected chi connectivity index (χ0v) is 17.1. The van der Waals surface area contributed by atoms with E-state index in [0.717, 1.165) is 11.3 Å². The molecule has 0 saturated carbocycles. The molecule has 1 aliphatic heterocycles. The van der Waals surface area contributed by atoms with Gasteiger partial charge >= 0.3 is 0 Å². The predicted molar refractivity (Wildman–Crippen MR) is 113 cm³/mol. The molecule has 0 radical (unpaired) electrons. The fourth-order valence-corrected chi connectivity index (χ4v) is 3.40. The van der Waals surface area contributed by atoms with Crippen molar-refractivity contribution in [2.45, 2.75) is 6.61 Å². The van der Waals surface area contributed by atoms with E-state index in [1.165, 1.54) is 6.07 Å². The van der Waals surface area contributed by atoms with Gasteiger partial charge in [0.2, 0.25) is 5.95 Å². The van der Waals surface area contributed by atoms with Crippen LogP contribution in [0.4, 0.5) is 5.95 Å². The molecule has 30 heavy (non-hydrogen) atoms. The lowest BCUT2D eigenvalue weighted by atomic mass is 10.1. The molecule has 4 rings (SSSR count). The number of aromatic nitrogens is 3. The summed E-state index contributed by atoms with van der Waals surface area (Å²) >= 11 is 0. The van der Waals surface area contributed by atoms with Crippen LogP contribution in [0.25, 0.3) is 11.3 Å². The van der Waals surface area contributed by atoms with E-state index in [2.05, 4.69) is 9.88 Å². The van der Waals surface area contributed by atoms with E-state index in [-0.39, 0.29) is 5.56 Å². The van der Waals surface area contributed by atoms with Crippen molar-refractivity contribution in [3.63, 3.8) is 0 Å². The Morgan fingerprint density at radius 2 is 1.93 bits per heavy atom. The molecule has 0 amide bonds. The van der Waals surface area contributed by atoms with Gasteiger partial charge in [0.25, 0.3) is 5.56 Å². The highest BCUT2D eigenvalue weighted by atomic mass is 16.5. The molecule has 0 spiro atoms. The Kier molecular flexibility index (Phi) is 5.94. The van der Waals surface area contributed by atoms with Gasteiger partial charge in [-0.05, 0) is 12.1 Å². The Morgan fingerprint density at radius 3 is 2.73 bits per heavy atom. The van der Waals surface area contributed by atoms with Crippen molar-refractivity contribution >= 4 is 5.95 Å². The summed E-state index contributed by atoms with van der Waals surface area (Å²) in [6.07, 6.45) is 3.30. The average Bonchev–Trinajstić information content (AvgIpc) is 2.80. The smallest absolute Gasteiger partial charge is 0.255 e. The first-order valence-electron chi connectivity index (χ1n) is 9.77. The third-order valence-corrected chi connectivity index (χ3v) is 5.04. The van der Waals surface area contributed by atoms with Gasteiger partial charge in [-0.2, -0.15) is 0 Å². The Hall–Kier alpha value is -3.39. The van der Waals surface area contributed by atoms with E-state index in [1.807, 2.05) is 30.3 Å². The third kappa shape index (κ3) is 4.13. The Morgan fingerprint density at radius 1 is 1.13 bits per heavy atom. The van der Waals surface area contributed by atoms with Crippen molar-refractivity contribution in [3.8, 4) is 22.8 Å². The van der Waals surface area contributed by atoms with Crippen LogP contribution in [-0.4, -0.2) is 47.9 Å². The summed E-state index contributed by atoms with van der Waals surface area (Å²) in [7, 11) is 3.36. The first-order chi connectivity index (χ1) is 14.7. The molecule has 1 aliphatic rings. The molecular formula is C22H24N4O4. The molecule has 0 unspecified atom stereocenters. The van der Waals surface area contributed by atoms with Crippen LogP contribution in [0.5, 0.6) is 11.5 Å². The van der Waals surface area contributed by atoms with Gasteiger partial charge in [-0.1, -0.05) is 18.2 Å². The molecule has 0 aliphatic carbocycles. The van der Waals surface area contributed by atoms with E-state index >= 15 is 0 Å². The lowest BCUT2D eigenvalue weighted by Gasteiger charge is -2.29. The van der Waals surface area contributed by atoms with Crippen molar-refractivity contribution in [2.75, 3.05) is 38.3 Å². The van der Waals surface area contributed by atoms with E-state index in [1.54, 1.807) is 31.1 Å². The standard InChI is InChI=1S/C22H24N4O4/c1-25-21(27)13-18(24-22(25)26-9-11-29-12-10-26)17-7-8-23-14-20(17)30-15-16-5-3-4-6-19(16)28-2/h3-8,13-14H,9-12,15H2,1-2H3. The number of rotatable bonds is 6. The van der Waals surface area contributed by atoms with E-state index in [0.29, 0.717) is 55.9 Å². The largest absolute Gasteiger partial charge is 0.496 e. The summed E-state index contributed by atoms with van der Waals surface area (Å²) in [6.45, 7) is 2.92. The number of hydrogen-bond acceptors (Lipinski definition) is 7. The minimum Gasteiger partial charge on any atom is -0.496 e. The normalized spacial score (nSPS) is 13.9. The minimum absolute atomic E-state index is 0.131. The van der Waals surface area contributed by atoms with Crippen LogP contribution in [-0.2, 0) is 18.4 Å². The zero-order valence-electron chi connectivity index (χ0n) is 17.1. The van der Waals surface area contributed by atoms with Crippen LogP contribution < -0.4 is 19.9 Å². The van der Waals surface area contributed by atoms with Gasteiger partial charge in [0.15, 0.2) is 0 Å². The number of pyridine rings is 1. The monoisotopic (exact) mass is 408 g/mol. The molecule has 8 nitrogen and oxygen atoms in total. The van der Waals surface area contributed by atoms with E-state index < -0.39 is 0 Å². The second-order valence-corrected chi connectivity index (χ2v) is 6.91. The first-order valence-corrected chi connectivity index (χ1v) is 9.77. The summed E-state index contributed by atoms with van der Waals surface area (Å²) in [5.41, 5.74) is 2.05. The van der Waals surface area contributed by atoms with Gasteiger partial charge in [-0.3, -0.25) is 14.3 Å². The van der Waals surface area contributed by atoms with Gasteiger partial charge in [-0.25, -0.2) is 4.98 Å². The third-order valence-electron chi connectivity index (χ3n) is 5.04. The number of nitrogens with zero attached hydrogens (tertiary/aromatic N) is 4. The molecule has 0 N–H and O–H groups in total. The van der Waals surface area contributed by atoms with E-state index in [4.69, 9.17) is 19.2 Å². The van der Waals surface area contributed by atoms with E-state index in [9.17, 15) is 4.79 Å². The van der Waals surface area contributed by atoms with Crippen LogP contribution in [0.3, 0.4) is 0 Å². The molecule has 3 heterocycles. The summed E-state index contributed by atoms with van der Waals surface area (Å²) < 4.78 is 18.4. The molecule has 0 atom stereocenters. The van der Waals surface area contributed by atoms with Gasteiger partial charge in [0, 0.05) is 43.5 Å². The number of morpholine rings is 1. The molecular weight excluding hydrogens is 384 g/mol. The van der Waals surface area contributed by atoms with Crippen molar-refractivity contribution in [1.82, 2.24) is 14.5 Å². The van der Waals surface area contributed by atoms with Crippen molar-refractivity contribution in [2.24, 2.45) is 7.05 Å². The van der Waals surface area contributed by atoms with Crippen molar-refractivity contribution in [1.29, 1.82) is 0 Å². The molecule has 156 valence electrons. The van der Waals surface area contributed by atoms with Crippen molar-refractivity contribution in [3.05, 3.63) is 64.7 Å². The molecule has 8 heteroatoms. The Labute approximate surface area is 174 Å². The van der Waals surface area contributed by atoms with Crippen LogP contribution in [0.2, 0.25) is 0 Å². The SMILES string of the molecule is COc1ccccc1COc1cnccc1-c1cc(=O)n(C)c(N2CCOCC2)n1. The molecule has 3 aromatic rings. The quantitative estimate of drug-likeness (QED) is 0.619. The maximum absolute atomic E-state index is 12.6. The second kappa shape index (κ2) is 8.96. The number of ether oxygens (including phenoxy) is 3. The lowest BCUT2D eigenvalue weighted by Crippen LogP contribution is -2.40. The molecule has 1 fully saturated rings. The van der Waals surface area contributed by atoms with Crippen LogP contribution in [0.15, 0.2) is 53.6 Å². The second-order valence-electron chi connectivity index (χ2n) is 6.91. The fourth-order valence-electron chi connectivity index (χ4n) is 3.40. The van der Waals surface area contributed by atoms with Gasteiger partial charge < -0.3 is 19.1 Å². The highest BCUT2D eigenvalue weighted by Gasteiger charge is 2.19. The number of hydrogen-bond donors (Lipinski definition) is 0. The van der Waals surface area contributed by atoms with Gasteiger partial charge in [0.1, 0.15) is 18.1 Å². The highest BCUT2D eigenvalue weighted by Crippen LogP contribution is 2.29. The van der Waals surface area contributed by atoms with Gasteiger partial charge in [-0.15, -0.1) is 0 Å². The Bertz CT molecular complexity index is 1080. The molecule has 1 saturated heterocycles. The summed E-state index contributed by atoms with van der Waals surface area (Å²) in [6, 6.07) is 11.0. The maximum atomic E-state index is 12.6. The predicted octanol–water partition coefficient (Wildman–Crippen LogP) is 2.27. The number of methoxy groups -OCH3 is 1. The van der Waals surface area contributed by atoms with Crippen LogP contribution >= 0.6 is 0 Å². The molecule has 0 bridgehead atoms.